The molecule has 2 N–H and O–H groups in total. The van der Waals surface area contributed by atoms with Gasteiger partial charge >= 0.3 is 0 Å². The summed E-state index contributed by atoms with van der Waals surface area (Å²) >= 11 is 0. The molecular formula is C12H22N4O. The molecule has 1 aromatic heterocycles. The second-order valence-electron chi connectivity index (χ2n) is 5.20. The van der Waals surface area contributed by atoms with Crippen molar-refractivity contribution in [1.29, 1.82) is 0 Å². The SMILES string of the molecule is CN(C)C[C@@H]1CCN(Cc2ccn[nH]2)C[C@H]1O. The first kappa shape index (κ1) is 12.5. The summed E-state index contributed by atoms with van der Waals surface area (Å²) in [7, 11) is 4.12. The van der Waals surface area contributed by atoms with E-state index in [1.165, 1.54) is 0 Å². The first-order valence-electron chi connectivity index (χ1n) is 6.18. The maximum Gasteiger partial charge on any atom is 0.0708 e. The summed E-state index contributed by atoms with van der Waals surface area (Å²) in [6.45, 7) is 3.64. The lowest BCUT2D eigenvalue weighted by Gasteiger charge is -2.36. The number of aromatic amines is 1. The normalized spacial score (nSPS) is 26.6. The molecule has 2 atom stereocenters. The third-order valence-electron chi connectivity index (χ3n) is 3.36. The van der Waals surface area contributed by atoms with Crippen LogP contribution in [0.5, 0.6) is 0 Å². The molecular weight excluding hydrogens is 216 g/mol. The van der Waals surface area contributed by atoms with Crippen LogP contribution < -0.4 is 0 Å². The first-order valence-corrected chi connectivity index (χ1v) is 6.18. The molecule has 0 aromatic carbocycles. The van der Waals surface area contributed by atoms with Gasteiger partial charge < -0.3 is 10.0 Å². The molecule has 96 valence electrons. The number of β-amino-alcohol motifs (C(OH)–C–C–N with tert-alkyl or cyclic N) is 1. The van der Waals surface area contributed by atoms with Gasteiger partial charge in [0.1, 0.15) is 0 Å². The number of rotatable bonds is 4. The monoisotopic (exact) mass is 238 g/mol. The highest BCUT2D eigenvalue weighted by atomic mass is 16.3. The van der Waals surface area contributed by atoms with Crippen molar-refractivity contribution in [2.24, 2.45) is 5.92 Å². The van der Waals surface area contributed by atoms with Gasteiger partial charge in [-0.25, -0.2) is 0 Å². The van der Waals surface area contributed by atoms with Crippen LogP contribution in [0.15, 0.2) is 12.3 Å². The van der Waals surface area contributed by atoms with Crippen LogP contribution in [-0.2, 0) is 6.54 Å². The van der Waals surface area contributed by atoms with E-state index < -0.39 is 0 Å². The summed E-state index contributed by atoms with van der Waals surface area (Å²) in [5.74, 6) is 0.406. The molecule has 1 saturated heterocycles. The zero-order chi connectivity index (χ0) is 12.3. The van der Waals surface area contributed by atoms with Gasteiger partial charge in [0.25, 0.3) is 0 Å². The van der Waals surface area contributed by atoms with Crippen LogP contribution >= 0.6 is 0 Å². The standard InChI is InChI=1S/C12H22N4O/c1-15(2)7-10-4-6-16(9-12(10)17)8-11-3-5-13-14-11/h3,5,10,12,17H,4,6-9H2,1-2H3,(H,13,14)/t10-,12+/m0/s1. The Morgan fingerprint density at radius 2 is 2.41 bits per heavy atom. The number of hydrogen-bond acceptors (Lipinski definition) is 4. The van der Waals surface area contributed by atoms with Crippen LogP contribution in [0, 0.1) is 5.92 Å². The van der Waals surface area contributed by atoms with E-state index in [0.717, 1.165) is 38.3 Å². The van der Waals surface area contributed by atoms with E-state index in [1.54, 1.807) is 6.20 Å². The van der Waals surface area contributed by atoms with E-state index in [4.69, 9.17) is 0 Å². The van der Waals surface area contributed by atoms with Crippen molar-refractivity contribution in [2.45, 2.75) is 19.1 Å². The number of H-pyrrole nitrogens is 1. The average Bonchev–Trinajstić information content (AvgIpc) is 2.74. The number of aromatic nitrogens is 2. The Labute approximate surface area is 102 Å². The van der Waals surface area contributed by atoms with E-state index in [1.807, 2.05) is 6.07 Å². The van der Waals surface area contributed by atoms with E-state index in [2.05, 4.69) is 34.1 Å². The van der Waals surface area contributed by atoms with Gasteiger partial charge in [-0.2, -0.15) is 5.10 Å². The lowest BCUT2D eigenvalue weighted by atomic mass is 9.93. The molecule has 0 bridgehead atoms. The van der Waals surface area contributed by atoms with Gasteiger partial charge in [0.05, 0.1) is 6.10 Å². The Bertz CT molecular complexity index is 325. The van der Waals surface area contributed by atoms with Crippen molar-refractivity contribution in [3.63, 3.8) is 0 Å². The van der Waals surface area contributed by atoms with Crippen LogP contribution in [0.3, 0.4) is 0 Å². The minimum absolute atomic E-state index is 0.214. The fourth-order valence-electron chi connectivity index (χ4n) is 2.48. The van der Waals surface area contributed by atoms with Gasteiger partial charge in [-0.15, -0.1) is 0 Å². The van der Waals surface area contributed by atoms with Gasteiger partial charge in [0, 0.05) is 31.5 Å². The molecule has 5 nitrogen and oxygen atoms in total. The molecule has 2 rings (SSSR count). The molecule has 0 amide bonds. The lowest BCUT2D eigenvalue weighted by Crippen LogP contribution is -2.46. The molecule has 5 heteroatoms. The van der Waals surface area contributed by atoms with Gasteiger partial charge in [-0.05, 0) is 39.0 Å². The predicted molar refractivity (Wildman–Crippen MR) is 66.5 cm³/mol. The summed E-state index contributed by atoms with van der Waals surface area (Å²) in [4.78, 5) is 4.43. The highest BCUT2D eigenvalue weighted by molar-refractivity contribution is 4.98. The second kappa shape index (κ2) is 5.62. The molecule has 0 unspecified atom stereocenters. The number of aliphatic hydroxyl groups is 1. The number of nitrogens with zero attached hydrogens (tertiary/aromatic N) is 3. The second-order valence-corrected chi connectivity index (χ2v) is 5.20. The van der Waals surface area contributed by atoms with Crippen molar-refractivity contribution in [3.8, 4) is 0 Å². The van der Waals surface area contributed by atoms with Gasteiger partial charge in [0.15, 0.2) is 0 Å². The maximum atomic E-state index is 10.1. The number of likely N-dealkylation sites (tertiary alicyclic amines) is 1. The number of piperidine rings is 1. The van der Waals surface area contributed by atoms with Crippen LogP contribution in [0.2, 0.25) is 0 Å². The minimum Gasteiger partial charge on any atom is -0.391 e. The van der Waals surface area contributed by atoms with Crippen LogP contribution in [-0.4, -0.2) is 64.9 Å². The quantitative estimate of drug-likeness (QED) is 0.784. The fourth-order valence-corrected chi connectivity index (χ4v) is 2.48. The lowest BCUT2D eigenvalue weighted by molar-refractivity contribution is 0.00874. The predicted octanol–water partition coefficient (Wildman–Crippen LogP) is 0.154. The molecule has 1 aromatic rings. The smallest absolute Gasteiger partial charge is 0.0708 e. The maximum absolute atomic E-state index is 10.1. The third kappa shape index (κ3) is 3.52. The minimum atomic E-state index is -0.214. The summed E-state index contributed by atoms with van der Waals surface area (Å²) in [5, 5.41) is 17.0. The summed E-state index contributed by atoms with van der Waals surface area (Å²) in [6.07, 6.45) is 2.62. The summed E-state index contributed by atoms with van der Waals surface area (Å²) < 4.78 is 0. The Hall–Kier alpha value is -0.910. The van der Waals surface area contributed by atoms with E-state index in [0.29, 0.717) is 5.92 Å². The highest BCUT2D eigenvalue weighted by Crippen LogP contribution is 2.19. The van der Waals surface area contributed by atoms with E-state index in [9.17, 15) is 5.11 Å². The molecule has 0 spiro atoms. The molecule has 1 aliphatic heterocycles. The number of nitrogens with one attached hydrogen (secondary N) is 1. The third-order valence-corrected chi connectivity index (χ3v) is 3.36. The van der Waals surface area contributed by atoms with Crippen molar-refractivity contribution < 1.29 is 5.11 Å². The first-order chi connectivity index (χ1) is 8.15. The summed E-state index contributed by atoms with van der Waals surface area (Å²) in [6, 6.07) is 1.98. The molecule has 0 aliphatic carbocycles. The van der Waals surface area contributed by atoms with Crippen molar-refractivity contribution in [1.82, 2.24) is 20.0 Å². The Morgan fingerprint density at radius 1 is 1.59 bits per heavy atom. The fraction of sp³-hybridized carbons (Fsp3) is 0.750. The number of hydrogen-bond donors (Lipinski definition) is 2. The Morgan fingerprint density at radius 3 is 3.00 bits per heavy atom. The molecule has 2 heterocycles. The average molecular weight is 238 g/mol. The van der Waals surface area contributed by atoms with Crippen molar-refractivity contribution >= 4 is 0 Å². The Kier molecular flexibility index (Phi) is 4.15. The van der Waals surface area contributed by atoms with Crippen molar-refractivity contribution in [2.75, 3.05) is 33.7 Å². The molecule has 0 saturated carbocycles. The summed E-state index contributed by atoms with van der Waals surface area (Å²) in [5.41, 5.74) is 1.11. The van der Waals surface area contributed by atoms with Crippen molar-refractivity contribution in [3.05, 3.63) is 18.0 Å². The zero-order valence-electron chi connectivity index (χ0n) is 10.6. The van der Waals surface area contributed by atoms with Gasteiger partial charge in [0.2, 0.25) is 0 Å². The molecule has 17 heavy (non-hydrogen) atoms. The highest BCUT2D eigenvalue weighted by Gasteiger charge is 2.27. The topological polar surface area (TPSA) is 55.4 Å². The zero-order valence-corrected chi connectivity index (χ0v) is 10.6. The largest absolute Gasteiger partial charge is 0.391 e. The van der Waals surface area contributed by atoms with Crippen LogP contribution in [0.1, 0.15) is 12.1 Å². The van der Waals surface area contributed by atoms with Gasteiger partial charge in [-0.3, -0.25) is 10.00 Å². The van der Waals surface area contributed by atoms with E-state index in [-0.39, 0.29) is 6.10 Å². The molecule has 1 fully saturated rings. The molecule has 0 radical (unpaired) electrons. The Balaban J connectivity index is 1.82. The molecule has 1 aliphatic rings. The number of aliphatic hydroxyl groups excluding tert-OH is 1. The van der Waals surface area contributed by atoms with Gasteiger partial charge in [-0.1, -0.05) is 0 Å². The van der Waals surface area contributed by atoms with Crippen LogP contribution in [0.4, 0.5) is 0 Å². The van der Waals surface area contributed by atoms with E-state index >= 15 is 0 Å². The van der Waals surface area contributed by atoms with Crippen LogP contribution in [0.25, 0.3) is 0 Å².